The van der Waals surface area contributed by atoms with Crippen LogP contribution in [0.25, 0.3) is 0 Å². The van der Waals surface area contributed by atoms with Crippen molar-refractivity contribution in [2.24, 2.45) is 0 Å². The van der Waals surface area contributed by atoms with Crippen molar-refractivity contribution in [3.05, 3.63) is 41.0 Å². The van der Waals surface area contributed by atoms with E-state index >= 15 is 0 Å². The number of benzene rings is 1. The van der Waals surface area contributed by atoms with Crippen LogP contribution in [0.15, 0.2) is 41.0 Å². The molecule has 1 aliphatic rings. The minimum atomic E-state index is -0.249. The van der Waals surface area contributed by atoms with E-state index in [0.29, 0.717) is 36.2 Å². The van der Waals surface area contributed by atoms with Gasteiger partial charge in [0.05, 0.1) is 26.3 Å². The van der Waals surface area contributed by atoms with Crippen LogP contribution < -0.4 is 20.1 Å². The normalized spacial score (nSPS) is 13.0. The summed E-state index contributed by atoms with van der Waals surface area (Å²) in [7, 11) is 1.70. The number of pyridine rings is 1. The molecule has 9 heteroatoms. The first kappa shape index (κ1) is 20.1. The lowest BCUT2D eigenvalue weighted by Gasteiger charge is -2.16. The molecule has 1 aromatic heterocycles. The number of halogens is 1. The lowest BCUT2D eigenvalue weighted by atomic mass is 10.2. The molecule has 2 heterocycles. The number of nitrogens with one attached hydrogen (secondary N) is 2. The SMILES string of the molecule is CN(CC(=O)Nc1ccc2c(c1)OCCCO2)CC(=O)Nc1ccc(Br)cn1. The number of carbonyl (C=O) groups is 2. The Morgan fingerprint density at radius 1 is 1.07 bits per heavy atom. The monoisotopic (exact) mass is 448 g/mol. The maximum atomic E-state index is 12.3. The first-order valence-electron chi connectivity index (χ1n) is 8.79. The highest BCUT2D eigenvalue weighted by Crippen LogP contribution is 2.32. The van der Waals surface area contributed by atoms with Gasteiger partial charge in [-0.15, -0.1) is 0 Å². The summed E-state index contributed by atoms with van der Waals surface area (Å²) in [6.45, 7) is 1.32. The van der Waals surface area contributed by atoms with E-state index in [1.165, 1.54) is 0 Å². The van der Waals surface area contributed by atoms with E-state index in [-0.39, 0.29) is 24.9 Å². The van der Waals surface area contributed by atoms with Gasteiger partial charge in [0.25, 0.3) is 0 Å². The van der Waals surface area contributed by atoms with Gasteiger partial charge in [0, 0.05) is 28.8 Å². The summed E-state index contributed by atoms with van der Waals surface area (Å²) in [4.78, 5) is 30.0. The molecule has 2 amide bonds. The number of hydrogen-bond acceptors (Lipinski definition) is 6. The van der Waals surface area contributed by atoms with E-state index < -0.39 is 0 Å². The molecule has 0 saturated heterocycles. The predicted molar refractivity (Wildman–Crippen MR) is 109 cm³/mol. The molecule has 3 rings (SSSR count). The Balaban J connectivity index is 1.48. The molecule has 0 aliphatic carbocycles. The number of nitrogens with zero attached hydrogens (tertiary/aromatic N) is 2. The summed E-state index contributed by atoms with van der Waals surface area (Å²) in [5.74, 6) is 1.27. The fourth-order valence-corrected chi connectivity index (χ4v) is 2.85. The van der Waals surface area contributed by atoms with Gasteiger partial charge in [-0.05, 0) is 47.2 Å². The van der Waals surface area contributed by atoms with Gasteiger partial charge in [0.2, 0.25) is 11.8 Å². The fourth-order valence-electron chi connectivity index (χ4n) is 2.62. The summed E-state index contributed by atoms with van der Waals surface area (Å²) in [6.07, 6.45) is 2.42. The Labute approximate surface area is 171 Å². The van der Waals surface area contributed by atoms with Crippen molar-refractivity contribution < 1.29 is 19.1 Å². The van der Waals surface area contributed by atoms with Gasteiger partial charge < -0.3 is 20.1 Å². The van der Waals surface area contributed by atoms with Crippen LogP contribution in [0.4, 0.5) is 11.5 Å². The Hall–Kier alpha value is -2.65. The zero-order valence-corrected chi connectivity index (χ0v) is 17.0. The largest absolute Gasteiger partial charge is 0.490 e. The molecule has 1 aliphatic heterocycles. The van der Waals surface area contributed by atoms with E-state index in [9.17, 15) is 9.59 Å². The number of likely N-dealkylation sites (N-methyl/N-ethyl adjacent to an activating group) is 1. The smallest absolute Gasteiger partial charge is 0.239 e. The minimum absolute atomic E-state index is 0.0618. The molecule has 0 saturated carbocycles. The van der Waals surface area contributed by atoms with Gasteiger partial charge >= 0.3 is 0 Å². The molecule has 148 valence electrons. The lowest BCUT2D eigenvalue weighted by molar-refractivity contribution is -0.119. The second-order valence-corrected chi connectivity index (χ2v) is 7.26. The van der Waals surface area contributed by atoms with Crippen molar-refractivity contribution in [1.82, 2.24) is 9.88 Å². The number of hydrogen-bond donors (Lipinski definition) is 2. The fraction of sp³-hybridized carbons (Fsp3) is 0.316. The Morgan fingerprint density at radius 2 is 1.79 bits per heavy atom. The third kappa shape index (κ3) is 5.93. The zero-order chi connectivity index (χ0) is 19.9. The van der Waals surface area contributed by atoms with E-state index in [1.54, 1.807) is 48.5 Å². The highest BCUT2D eigenvalue weighted by molar-refractivity contribution is 9.10. The average Bonchev–Trinajstić information content (AvgIpc) is 2.88. The second-order valence-electron chi connectivity index (χ2n) is 6.34. The Bertz CT molecular complexity index is 844. The molecule has 8 nitrogen and oxygen atoms in total. The summed E-state index contributed by atoms with van der Waals surface area (Å²) >= 11 is 3.29. The molecule has 28 heavy (non-hydrogen) atoms. The topological polar surface area (TPSA) is 92.8 Å². The first-order valence-corrected chi connectivity index (χ1v) is 9.58. The van der Waals surface area contributed by atoms with Gasteiger partial charge in [-0.2, -0.15) is 0 Å². The van der Waals surface area contributed by atoms with Crippen LogP contribution in [0.3, 0.4) is 0 Å². The zero-order valence-electron chi connectivity index (χ0n) is 15.4. The van der Waals surface area contributed by atoms with Gasteiger partial charge in [-0.3, -0.25) is 14.5 Å². The van der Waals surface area contributed by atoms with Crippen LogP contribution in [0.2, 0.25) is 0 Å². The molecule has 0 fully saturated rings. The van der Waals surface area contributed by atoms with Gasteiger partial charge in [0.15, 0.2) is 11.5 Å². The Kier molecular flexibility index (Phi) is 6.83. The number of carbonyl (C=O) groups excluding carboxylic acids is 2. The number of anilines is 2. The van der Waals surface area contributed by atoms with Crippen molar-refractivity contribution in [3.8, 4) is 11.5 Å². The standard InChI is InChI=1S/C19H21BrN4O4/c1-24(12-19(26)23-17-6-3-13(20)10-21-17)11-18(25)22-14-4-5-15-16(9-14)28-8-2-7-27-15/h3-6,9-10H,2,7-8,11-12H2,1H3,(H,22,25)(H,21,23,26). The number of amides is 2. The van der Waals surface area contributed by atoms with Crippen molar-refractivity contribution in [1.29, 1.82) is 0 Å². The number of fused-ring (bicyclic) bond motifs is 1. The molecule has 0 atom stereocenters. The maximum absolute atomic E-state index is 12.3. The average molecular weight is 449 g/mol. The van der Waals surface area contributed by atoms with Gasteiger partial charge in [0.1, 0.15) is 5.82 Å². The van der Waals surface area contributed by atoms with Crippen LogP contribution in [0.1, 0.15) is 6.42 Å². The molecule has 2 N–H and O–H groups in total. The van der Waals surface area contributed by atoms with Gasteiger partial charge in [-0.1, -0.05) is 0 Å². The molecule has 0 spiro atoms. The van der Waals surface area contributed by atoms with Crippen molar-refractivity contribution >= 4 is 39.2 Å². The third-order valence-corrected chi connectivity index (χ3v) is 4.32. The molecule has 1 aromatic carbocycles. The number of rotatable bonds is 6. The summed E-state index contributed by atoms with van der Waals surface area (Å²) in [6, 6.07) is 8.76. The minimum Gasteiger partial charge on any atom is -0.490 e. The van der Waals surface area contributed by atoms with Crippen LogP contribution in [0, 0.1) is 0 Å². The predicted octanol–water partition coefficient (Wildman–Crippen LogP) is 2.51. The quantitative estimate of drug-likeness (QED) is 0.704. The third-order valence-electron chi connectivity index (χ3n) is 3.85. The summed E-state index contributed by atoms with van der Waals surface area (Å²) in [5, 5.41) is 5.50. The van der Waals surface area contributed by atoms with Crippen molar-refractivity contribution in [2.45, 2.75) is 6.42 Å². The summed E-state index contributed by atoms with van der Waals surface area (Å²) < 4.78 is 12.0. The second kappa shape index (κ2) is 9.52. The molecule has 0 radical (unpaired) electrons. The van der Waals surface area contributed by atoms with Crippen molar-refractivity contribution in [2.75, 3.05) is 44.0 Å². The molecular formula is C19H21BrN4O4. The summed E-state index contributed by atoms with van der Waals surface area (Å²) in [5.41, 5.74) is 0.617. The molecular weight excluding hydrogens is 428 g/mol. The van der Waals surface area contributed by atoms with E-state index in [0.717, 1.165) is 10.9 Å². The molecule has 2 aromatic rings. The van der Waals surface area contributed by atoms with Gasteiger partial charge in [-0.25, -0.2) is 4.98 Å². The van der Waals surface area contributed by atoms with Crippen LogP contribution in [-0.2, 0) is 9.59 Å². The number of aromatic nitrogens is 1. The highest BCUT2D eigenvalue weighted by Gasteiger charge is 2.14. The molecule has 0 unspecified atom stereocenters. The van der Waals surface area contributed by atoms with E-state index in [2.05, 4.69) is 31.5 Å². The van der Waals surface area contributed by atoms with E-state index in [1.807, 2.05) is 0 Å². The molecule has 0 bridgehead atoms. The lowest BCUT2D eigenvalue weighted by Crippen LogP contribution is -2.36. The first-order chi connectivity index (χ1) is 13.5. The van der Waals surface area contributed by atoms with E-state index in [4.69, 9.17) is 9.47 Å². The van der Waals surface area contributed by atoms with Crippen LogP contribution in [0.5, 0.6) is 11.5 Å². The Morgan fingerprint density at radius 3 is 2.50 bits per heavy atom. The van der Waals surface area contributed by atoms with Crippen LogP contribution >= 0.6 is 15.9 Å². The maximum Gasteiger partial charge on any atom is 0.239 e. The van der Waals surface area contributed by atoms with Crippen molar-refractivity contribution in [3.63, 3.8) is 0 Å². The van der Waals surface area contributed by atoms with Crippen LogP contribution in [-0.4, -0.2) is 55.0 Å². The number of ether oxygens (including phenoxy) is 2. The highest BCUT2D eigenvalue weighted by atomic mass is 79.9.